The molecule has 100 valence electrons. The first kappa shape index (κ1) is 13.3. The Morgan fingerprint density at radius 3 is 2.72 bits per heavy atom. The fourth-order valence-corrected chi connectivity index (χ4v) is 2.75. The van der Waals surface area contributed by atoms with Gasteiger partial charge in [-0.1, -0.05) is 6.92 Å². The molecule has 0 amide bonds. The van der Waals surface area contributed by atoms with Crippen LogP contribution in [0, 0.1) is 11.7 Å². The highest BCUT2D eigenvalue weighted by molar-refractivity contribution is 5.55. The fourth-order valence-electron chi connectivity index (χ4n) is 2.75. The molecule has 1 aliphatic rings. The van der Waals surface area contributed by atoms with E-state index < -0.39 is 6.10 Å². The van der Waals surface area contributed by atoms with Gasteiger partial charge in [0, 0.05) is 23.8 Å². The van der Waals surface area contributed by atoms with Crippen molar-refractivity contribution in [2.24, 2.45) is 5.92 Å². The van der Waals surface area contributed by atoms with Crippen LogP contribution in [0.25, 0.3) is 0 Å². The van der Waals surface area contributed by atoms with Crippen LogP contribution in [0.3, 0.4) is 0 Å². The van der Waals surface area contributed by atoms with Gasteiger partial charge in [0.1, 0.15) is 5.82 Å². The highest BCUT2D eigenvalue weighted by atomic mass is 19.1. The SMILES string of the molecule is CC1CCC(C)N(c2ccc(F)cc2[C@@H](C)O)C1. The standard InChI is InChI=1S/C15H22FNO/c1-10-4-5-11(2)17(9-10)15-7-6-13(16)8-14(15)12(3)18/h6-8,10-12,18H,4-5,9H2,1-3H3/t10?,11?,12-/m1/s1. The van der Waals surface area contributed by atoms with Crippen molar-refractivity contribution in [3.05, 3.63) is 29.6 Å². The van der Waals surface area contributed by atoms with Gasteiger partial charge in [0.05, 0.1) is 6.10 Å². The van der Waals surface area contributed by atoms with E-state index in [1.807, 2.05) is 0 Å². The van der Waals surface area contributed by atoms with Crippen molar-refractivity contribution in [2.75, 3.05) is 11.4 Å². The third-order valence-corrected chi connectivity index (χ3v) is 3.87. The summed E-state index contributed by atoms with van der Waals surface area (Å²) < 4.78 is 13.3. The lowest BCUT2D eigenvalue weighted by Gasteiger charge is -2.40. The number of halogens is 1. The molecule has 0 aromatic heterocycles. The van der Waals surface area contributed by atoms with Gasteiger partial charge in [-0.3, -0.25) is 0 Å². The van der Waals surface area contributed by atoms with Crippen molar-refractivity contribution in [3.8, 4) is 0 Å². The molecule has 0 radical (unpaired) electrons. The van der Waals surface area contributed by atoms with E-state index in [4.69, 9.17) is 0 Å². The summed E-state index contributed by atoms with van der Waals surface area (Å²) in [7, 11) is 0. The van der Waals surface area contributed by atoms with Gasteiger partial charge in [-0.05, 0) is 50.8 Å². The Kier molecular flexibility index (Phi) is 3.91. The summed E-state index contributed by atoms with van der Waals surface area (Å²) in [6.07, 6.45) is 1.75. The maximum Gasteiger partial charge on any atom is 0.123 e. The number of hydrogen-bond acceptors (Lipinski definition) is 2. The van der Waals surface area contributed by atoms with Crippen molar-refractivity contribution < 1.29 is 9.50 Å². The zero-order chi connectivity index (χ0) is 13.3. The van der Waals surface area contributed by atoms with Crippen molar-refractivity contribution in [2.45, 2.75) is 45.8 Å². The number of nitrogens with zero attached hydrogens (tertiary/aromatic N) is 1. The van der Waals surface area contributed by atoms with Crippen LogP contribution in [0.2, 0.25) is 0 Å². The predicted octanol–water partition coefficient (Wildman–Crippen LogP) is 3.50. The van der Waals surface area contributed by atoms with E-state index in [0.717, 1.165) is 18.7 Å². The summed E-state index contributed by atoms with van der Waals surface area (Å²) in [4.78, 5) is 2.30. The third-order valence-electron chi connectivity index (χ3n) is 3.87. The topological polar surface area (TPSA) is 23.5 Å². The van der Waals surface area contributed by atoms with E-state index in [1.165, 1.54) is 18.6 Å². The molecular formula is C15H22FNO. The van der Waals surface area contributed by atoms with Crippen molar-refractivity contribution >= 4 is 5.69 Å². The van der Waals surface area contributed by atoms with Gasteiger partial charge in [-0.2, -0.15) is 0 Å². The Morgan fingerprint density at radius 1 is 1.33 bits per heavy atom. The monoisotopic (exact) mass is 251 g/mol. The van der Waals surface area contributed by atoms with Gasteiger partial charge >= 0.3 is 0 Å². The second kappa shape index (κ2) is 5.27. The minimum absolute atomic E-state index is 0.285. The molecule has 1 N–H and O–H groups in total. The maximum absolute atomic E-state index is 13.3. The normalized spacial score (nSPS) is 26.2. The van der Waals surface area contributed by atoms with E-state index in [1.54, 1.807) is 13.0 Å². The Bertz CT molecular complexity index is 419. The summed E-state index contributed by atoms with van der Waals surface area (Å²) >= 11 is 0. The third kappa shape index (κ3) is 2.66. The molecule has 1 heterocycles. The Morgan fingerprint density at radius 2 is 2.06 bits per heavy atom. The Labute approximate surface area is 108 Å². The molecule has 1 aromatic carbocycles. The molecule has 18 heavy (non-hydrogen) atoms. The van der Waals surface area contributed by atoms with Gasteiger partial charge in [-0.15, -0.1) is 0 Å². The number of piperidine rings is 1. The number of aliphatic hydroxyl groups is 1. The van der Waals surface area contributed by atoms with Gasteiger partial charge < -0.3 is 10.0 Å². The molecule has 2 nitrogen and oxygen atoms in total. The summed E-state index contributed by atoms with van der Waals surface area (Å²) in [5.41, 5.74) is 1.67. The smallest absolute Gasteiger partial charge is 0.123 e. The molecule has 1 fully saturated rings. The van der Waals surface area contributed by atoms with Crippen LogP contribution >= 0.6 is 0 Å². The average molecular weight is 251 g/mol. The lowest BCUT2D eigenvalue weighted by molar-refractivity contribution is 0.198. The van der Waals surface area contributed by atoms with E-state index >= 15 is 0 Å². The van der Waals surface area contributed by atoms with E-state index in [2.05, 4.69) is 18.7 Å². The molecule has 0 aliphatic carbocycles. The maximum atomic E-state index is 13.3. The molecule has 0 spiro atoms. The summed E-state index contributed by atoms with van der Waals surface area (Å²) in [5, 5.41) is 9.82. The van der Waals surface area contributed by atoms with Gasteiger partial charge in [0.15, 0.2) is 0 Å². The molecule has 1 saturated heterocycles. The first-order valence-electron chi connectivity index (χ1n) is 6.73. The van der Waals surface area contributed by atoms with Crippen LogP contribution < -0.4 is 4.90 Å². The number of aliphatic hydroxyl groups excluding tert-OH is 1. The Balaban J connectivity index is 2.36. The van der Waals surface area contributed by atoms with Crippen LogP contribution in [0.5, 0.6) is 0 Å². The zero-order valence-electron chi connectivity index (χ0n) is 11.4. The first-order valence-corrected chi connectivity index (χ1v) is 6.73. The van der Waals surface area contributed by atoms with E-state index in [0.29, 0.717) is 17.5 Å². The second-order valence-corrected chi connectivity index (χ2v) is 5.56. The van der Waals surface area contributed by atoms with Gasteiger partial charge in [0.2, 0.25) is 0 Å². The predicted molar refractivity (Wildman–Crippen MR) is 72.2 cm³/mol. The highest BCUT2D eigenvalue weighted by Crippen LogP contribution is 2.33. The van der Waals surface area contributed by atoms with E-state index in [9.17, 15) is 9.50 Å². The molecule has 3 atom stereocenters. The molecule has 1 aliphatic heterocycles. The summed E-state index contributed by atoms with van der Waals surface area (Å²) in [5.74, 6) is 0.362. The fraction of sp³-hybridized carbons (Fsp3) is 0.600. The van der Waals surface area contributed by atoms with Crippen LogP contribution in [0.15, 0.2) is 18.2 Å². The number of rotatable bonds is 2. The molecule has 2 unspecified atom stereocenters. The molecular weight excluding hydrogens is 229 g/mol. The molecule has 1 aromatic rings. The summed E-state index contributed by atoms with van der Waals surface area (Å²) in [6.45, 7) is 7.11. The Hall–Kier alpha value is -1.09. The highest BCUT2D eigenvalue weighted by Gasteiger charge is 2.25. The van der Waals surface area contributed by atoms with Crippen molar-refractivity contribution in [3.63, 3.8) is 0 Å². The molecule has 0 saturated carbocycles. The lowest BCUT2D eigenvalue weighted by atomic mass is 9.93. The van der Waals surface area contributed by atoms with Crippen LogP contribution in [0.1, 0.15) is 45.3 Å². The average Bonchev–Trinajstić information content (AvgIpc) is 2.32. The first-order chi connectivity index (χ1) is 8.49. The largest absolute Gasteiger partial charge is 0.389 e. The summed E-state index contributed by atoms with van der Waals surface area (Å²) in [6, 6.07) is 5.18. The van der Waals surface area contributed by atoms with Crippen LogP contribution in [0.4, 0.5) is 10.1 Å². The number of benzene rings is 1. The van der Waals surface area contributed by atoms with Crippen molar-refractivity contribution in [1.82, 2.24) is 0 Å². The number of hydrogen-bond donors (Lipinski definition) is 1. The van der Waals surface area contributed by atoms with Gasteiger partial charge in [0.25, 0.3) is 0 Å². The molecule has 3 heteroatoms. The van der Waals surface area contributed by atoms with Gasteiger partial charge in [-0.25, -0.2) is 4.39 Å². The zero-order valence-corrected chi connectivity index (χ0v) is 11.4. The number of anilines is 1. The van der Waals surface area contributed by atoms with Crippen molar-refractivity contribution in [1.29, 1.82) is 0 Å². The molecule has 2 rings (SSSR count). The second-order valence-electron chi connectivity index (χ2n) is 5.56. The van der Waals surface area contributed by atoms with Crippen LogP contribution in [-0.2, 0) is 0 Å². The lowest BCUT2D eigenvalue weighted by Crippen LogP contribution is -2.41. The minimum atomic E-state index is -0.639. The van der Waals surface area contributed by atoms with Crippen LogP contribution in [-0.4, -0.2) is 17.7 Å². The molecule has 0 bridgehead atoms. The van der Waals surface area contributed by atoms with E-state index in [-0.39, 0.29) is 5.82 Å². The minimum Gasteiger partial charge on any atom is -0.389 e. The quantitative estimate of drug-likeness (QED) is 0.869.